The van der Waals surface area contributed by atoms with Gasteiger partial charge in [-0.1, -0.05) is 19.9 Å². The summed E-state index contributed by atoms with van der Waals surface area (Å²) in [5.41, 5.74) is 1.52. The highest BCUT2D eigenvalue weighted by atomic mass is 15.1. The summed E-state index contributed by atoms with van der Waals surface area (Å²) in [6.45, 7) is 8.84. The Balaban J connectivity index is 2.52. The normalized spacial score (nSPS) is 14.0. The topological polar surface area (TPSA) is 28.2 Å². The van der Waals surface area contributed by atoms with E-state index in [1.54, 1.807) is 0 Å². The lowest BCUT2D eigenvalue weighted by molar-refractivity contribution is 0.164. The average molecular weight is 235 g/mol. The molecule has 0 saturated carbocycles. The molecule has 0 spiro atoms. The van der Waals surface area contributed by atoms with Gasteiger partial charge in [-0.3, -0.25) is 4.98 Å². The van der Waals surface area contributed by atoms with E-state index >= 15 is 0 Å². The third kappa shape index (κ3) is 4.44. The molecule has 1 unspecified atom stereocenters. The van der Waals surface area contributed by atoms with Crippen molar-refractivity contribution in [2.45, 2.75) is 33.4 Å². The fourth-order valence-corrected chi connectivity index (χ4v) is 2.08. The summed E-state index contributed by atoms with van der Waals surface area (Å²) >= 11 is 0. The van der Waals surface area contributed by atoms with Crippen molar-refractivity contribution in [3.05, 3.63) is 30.1 Å². The first-order valence-electron chi connectivity index (χ1n) is 6.20. The van der Waals surface area contributed by atoms with Crippen molar-refractivity contribution in [2.75, 3.05) is 20.6 Å². The highest BCUT2D eigenvalue weighted by Gasteiger charge is 2.26. The van der Waals surface area contributed by atoms with Crippen LogP contribution in [0.1, 0.15) is 26.3 Å². The van der Waals surface area contributed by atoms with Crippen LogP contribution in [0.5, 0.6) is 0 Å². The van der Waals surface area contributed by atoms with Crippen LogP contribution in [0.15, 0.2) is 24.5 Å². The molecule has 0 aromatic carbocycles. The number of pyridine rings is 1. The molecule has 17 heavy (non-hydrogen) atoms. The van der Waals surface area contributed by atoms with Crippen LogP contribution in [0.3, 0.4) is 0 Å². The molecule has 0 amide bonds. The van der Waals surface area contributed by atoms with E-state index < -0.39 is 0 Å². The van der Waals surface area contributed by atoms with Gasteiger partial charge in [-0.25, -0.2) is 0 Å². The molecule has 96 valence electrons. The standard InChI is InChI=1S/C14H25N3/c1-12(15-4)14(2,3)11-17(5)10-13-7-6-8-16-9-13/h6-9,12,15H,10-11H2,1-5H3. The molecule has 1 atom stereocenters. The fraction of sp³-hybridized carbons (Fsp3) is 0.643. The molecule has 0 aliphatic rings. The van der Waals surface area contributed by atoms with Gasteiger partial charge in [-0.2, -0.15) is 0 Å². The number of nitrogens with zero attached hydrogens (tertiary/aromatic N) is 2. The van der Waals surface area contributed by atoms with Crippen molar-refractivity contribution in [3.8, 4) is 0 Å². The maximum Gasteiger partial charge on any atom is 0.0312 e. The van der Waals surface area contributed by atoms with Gasteiger partial charge in [0.15, 0.2) is 0 Å². The average Bonchev–Trinajstić information content (AvgIpc) is 2.28. The van der Waals surface area contributed by atoms with E-state index in [9.17, 15) is 0 Å². The quantitative estimate of drug-likeness (QED) is 0.819. The van der Waals surface area contributed by atoms with E-state index in [2.05, 4.69) is 49.1 Å². The summed E-state index contributed by atoms with van der Waals surface area (Å²) in [5, 5.41) is 3.34. The summed E-state index contributed by atoms with van der Waals surface area (Å²) in [7, 11) is 4.19. The molecule has 0 aliphatic heterocycles. The minimum atomic E-state index is 0.256. The number of hydrogen-bond acceptors (Lipinski definition) is 3. The van der Waals surface area contributed by atoms with E-state index in [0.717, 1.165) is 13.1 Å². The van der Waals surface area contributed by atoms with Gasteiger partial charge in [0.1, 0.15) is 0 Å². The predicted molar refractivity (Wildman–Crippen MR) is 72.9 cm³/mol. The third-order valence-electron chi connectivity index (χ3n) is 3.46. The molecule has 1 rings (SSSR count). The molecule has 1 heterocycles. The second-order valence-electron chi connectivity index (χ2n) is 5.53. The van der Waals surface area contributed by atoms with Gasteiger partial charge in [0.05, 0.1) is 0 Å². The first kappa shape index (κ1) is 14.1. The van der Waals surface area contributed by atoms with Crippen LogP contribution < -0.4 is 5.32 Å². The summed E-state index contributed by atoms with van der Waals surface area (Å²) < 4.78 is 0. The Labute approximate surface area is 105 Å². The number of aromatic nitrogens is 1. The van der Waals surface area contributed by atoms with E-state index in [-0.39, 0.29) is 5.41 Å². The first-order chi connectivity index (χ1) is 7.95. The lowest BCUT2D eigenvalue weighted by Gasteiger charge is -2.35. The van der Waals surface area contributed by atoms with Gasteiger partial charge in [0.25, 0.3) is 0 Å². The van der Waals surface area contributed by atoms with Crippen LogP contribution in [0, 0.1) is 5.41 Å². The maximum absolute atomic E-state index is 4.15. The molecule has 0 radical (unpaired) electrons. The molecule has 0 fully saturated rings. The van der Waals surface area contributed by atoms with Crippen molar-refractivity contribution in [3.63, 3.8) is 0 Å². The van der Waals surface area contributed by atoms with Crippen LogP contribution >= 0.6 is 0 Å². The van der Waals surface area contributed by atoms with Crippen molar-refractivity contribution in [1.82, 2.24) is 15.2 Å². The summed E-state index contributed by atoms with van der Waals surface area (Å²) in [4.78, 5) is 6.50. The second kappa shape index (κ2) is 6.12. The van der Waals surface area contributed by atoms with Crippen LogP contribution in [0.4, 0.5) is 0 Å². The Morgan fingerprint density at radius 2 is 2.18 bits per heavy atom. The van der Waals surface area contributed by atoms with Gasteiger partial charge >= 0.3 is 0 Å². The van der Waals surface area contributed by atoms with Crippen molar-refractivity contribution in [2.24, 2.45) is 5.41 Å². The first-order valence-corrected chi connectivity index (χ1v) is 6.20. The van der Waals surface area contributed by atoms with Crippen LogP contribution in [-0.2, 0) is 6.54 Å². The Hall–Kier alpha value is -0.930. The van der Waals surface area contributed by atoms with Crippen molar-refractivity contribution in [1.29, 1.82) is 0 Å². The van der Waals surface area contributed by atoms with Crippen molar-refractivity contribution >= 4 is 0 Å². The molecule has 0 bridgehead atoms. The SMILES string of the molecule is CNC(C)C(C)(C)CN(C)Cc1cccnc1. The fourth-order valence-electron chi connectivity index (χ4n) is 2.08. The summed E-state index contributed by atoms with van der Waals surface area (Å²) in [6, 6.07) is 4.61. The zero-order valence-corrected chi connectivity index (χ0v) is 11.7. The van der Waals surface area contributed by atoms with Gasteiger partial charge < -0.3 is 10.2 Å². The minimum absolute atomic E-state index is 0.256. The molecule has 0 aliphatic carbocycles. The lowest BCUT2D eigenvalue weighted by atomic mass is 9.85. The maximum atomic E-state index is 4.15. The predicted octanol–water partition coefficient (Wildman–Crippen LogP) is 2.15. The highest BCUT2D eigenvalue weighted by Crippen LogP contribution is 2.21. The van der Waals surface area contributed by atoms with Gasteiger partial charge in [-0.15, -0.1) is 0 Å². The molecule has 3 heteroatoms. The molecule has 0 saturated heterocycles. The Kier molecular flexibility index (Phi) is 5.09. The zero-order valence-electron chi connectivity index (χ0n) is 11.7. The van der Waals surface area contributed by atoms with E-state index in [4.69, 9.17) is 0 Å². The number of hydrogen-bond donors (Lipinski definition) is 1. The highest BCUT2D eigenvalue weighted by molar-refractivity contribution is 5.08. The molecule has 1 N–H and O–H groups in total. The van der Waals surface area contributed by atoms with Crippen LogP contribution in [0.2, 0.25) is 0 Å². The molecule has 3 nitrogen and oxygen atoms in total. The van der Waals surface area contributed by atoms with Crippen molar-refractivity contribution < 1.29 is 0 Å². The Morgan fingerprint density at radius 1 is 1.47 bits per heavy atom. The van der Waals surface area contributed by atoms with E-state index in [0.29, 0.717) is 6.04 Å². The van der Waals surface area contributed by atoms with Crippen LogP contribution in [0.25, 0.3) is 0 Å². The summed E-state index contributed by atoms with van der Waals surface area (Å²) in [6.07, 6.45) is 3.75. The van der Waals surface area contributed by atoms with Gasteiger partial charge in [0.2, 0.25) is 0 Å². The Bertz CT molecular complexity index is 321. The summed E-state index contributed by atoms with van der Waals surface area (Å²) in [5.74, 6) is 0. The van der Waals surface area contributed by atoms with E-state index in [1.807, 2.05) is 25.5 Å². The number of rotatable bonds is 6. The Morgan fingerprint density at radius 3 is 2.71 bits per heavy atom. The largest absolute Gasteiger partial charge is 0.317 e. The zero-order chi connectivity index (χ0) is 12.9. The van der Waals surface area contributed by atoms with E-state index in [1.165, 1.54) is 5.56 Å². The molecule has 1 aromatic rings. The van der Waals surface area contributed by atoms with Crippen LogP contribution in [-0.4, -0.2) is 36.6 Å². The number of nitrogens with one attached hydrogen (secondary N) is 1. The monoisotopic (exact) mass is 235 g/mol. The molecular formula is C14H25N3. The lowest BCUT2D eigenvalue weighted by Crippen LogP contribution is -2.44. The molecule has 1 aromatic heterocycles. The minimum Gasteiger partial charge on any atom is -0.317 e. The van der Waals surface area contributed by atoms with Gasteiger partial charge in [0, 0.05) is 31.5 Å². The third-order valence-corrected chi connectivity index (χ3v) is 3.46. The molecular weight excluding hydrogens is 210 g/mol. The van der Waals surface area contributed by atoms with Gasteiger partial charge in [-0.05, 0) is 38.1 Å². The second-order valence-corrected chi connectivity index (χ2v) is 5.53. The smallest absolute Gasteiger partial charge is 0.0312 e.